The molecule has 632 valence electrons. The fraction of sp³-hybridized carbons (Fsp3) is 0.883. The Kier molecular flexibility index (Phi) is 42.6. The Balaban J connectivity index is 0.000000196. The maximum Gasteiger partial charge on any atom is 0.307 e. The Hall–Kier alpha value is -1.69. The van der Waals surface area contributed by atoms with Crippen LogP contribution in [0.4, 0.5) is 0 Å². The third kappa shape index (κ3) is 28.3. The van der Waals surface area contributed by atoms with Crippen molar-refractivity contribution in [2.45, 2.75) is 413 Å². The number of hydrogen-bond acceptors (Lipinski definition) is 12. The van der Waals surface area contributed by atoms with E-state index in [2.05, 4.69) is 146 Å². The summed E-state index contributed by atoms with van der Waals surface area (Å²) in [6.45, 7) is 38.5. The minimum atomic E-state index is -0.881. The zero-order valence-corrected chi connectivity index (χ0v) is 74.2. The standard InChI is InChI=1S/2C15H30N2.2C14H27NO.C10H18O.C10H18.C8H6Cl2O2.C8H14O2/c1-4-15(5-2)9-8-14(13(12-15)16-3)17-10-6-7-11-17;1-4-15(5-2)9-8-13(16-3)14(12-15)17-10-6-7-11-17;1-3-14(4-2)8-7-13(16)12(11-14)15-9-5-6-10-15;1-3-14(4-2)8-7-12(13(16)11-14)15-9-5-6-10-15;1-3-10(4-2)6-5-8-9(7-10)11-8;1-3-10(4-2)8-6-5-7-9-10;9-6-2-1-5(3-7(6)10)4-8(11)12;9-6-8(7-10)4-2-1-3-5-8/h2*13-14,16H,4-12H2,1-3H3;2*12-13,16H,3-11H2,1-2H3;8-9H,3-7H2,1-2H3;5-6H,3-4,7-9H2,1-2H3;1-3H,4H2,(H,11,12);1-2,9-10H,3-7H2/t2*13-,14-;2*12-,13-;;;;/m1111..../s1. The summed E-state index contributed by atoms with van der Waals surface area (Å²) in [6.07, 6.45) is 63.1. The number of fused-ring (bicyclic) bond motifs is 1. The van der Waals surface area contributed by atoms with Gasteiger partial charge in [-0.05, 0) is 303 Å². The smallest absolute Gasteiger partial charge is 0.307 e. The summed E-state index contributed by atoms with van der Waals surface area (Å²) in [5.41, 5.74) is 3.99. The summed E-state index contributed by atoms with van der Waals surface area (Å²) in [7, 11) is 4.31. The van der Waals surface area contributed by atoms with E-state index in [0.29, 0.717) is 72.4 Å². The maximum absolute atomic E-state index is 10.4. The number of aliphatic hydroxyl groups excluding tert-OH is 4. The van der Waals surface area contributed by atoms with E-state index in [9.17, 15) is 15.0 Å². The second-order valence-corrected chi connectivity index (χ2v) is 37.7. The minimum absolute atomic E-state index is 0.0309. The van der Waals surface area contributed by atoms with E-state index in [-0.39, 0.29) is 37.3 Å². The molecule has 5 aliphatic heterocycles. The molecule has 0 amide bonds. The van der Waals surface area contributed by atoms with Gasteiger partial charge in [-0.25, -0.2) is 0 Å². The van der Waals surface area contributed by atoms with Gasteiger partial charge in [0.25, 0.3) is 0 Å². The summed E-state index contributed by atoms with van der Waals surface area (Å²) >= 11 is 11.3. The Morgan fingerprint density at radius 1 is 0.413 bits per heavy atom. The molecule has 13 rings (SSSR count). The fourth-order valence-electron chi connectivity index (χ4n) is 21.9. The lowest BCUT2D eigenvalue weighted by atomic mass is 9.67. The number of rotatable bonds is 22. The molecular formula is C94H170Cl2N6O7. The van der Waals surface area contributed by atoms with Crippen molar-refractivity contribution in [2.24, 2.45) is 37.9 Å². The maximum atomic E-state index is 10.4. The van der Waals surface area contributed by atoms with Crippen molar-refractivity contribution in [1.82, 2.24) is 30.2 Å². The van der Waals surface area contributed by atoms with Crippen LogP contribution in [0.1, 0.15) is 352 Å². The van der Waals surface area contributed by atoms with E-state index in [1.807, 2.05) is 6.08 Å². The van der Waals surface area contributed by atoms with Crippen LogP contribution in [0.2, 0.25) is 10.0 Å². The Morgan fingerprint density at radius 3 is 1.19 bits per heavy atom. The molecule has 0 bridgehead atoms. The van der Waals surface area contributed by atoms with Gasteiger partial charge in [0.05, 0.1) is 54.1 Å². The molecule has 0 spiro atoms. The molecule has 0 radical (unpaired) electrons. The van der Waals surface area contributed by atoms with E-state index in [1.54, 1.807) is 18.2 Å². The third-order valence-corrected chi connectivity index (χ3v) is 32.6. The summed E-state index contributed by atoms with van der Waals surface area (Å²) in [6, 6.07) is 8.78. The van der Waals surface area contributed by atoms with Crippen LogP contribution in [0.3, 0.4) is 0 Å². The van der Waals surface area contributed by atoms with Crippen molar-refractivity contribution in [3.63, 3.8) is 0 Å². The molecule has 12 aliphatic rings. The van der Waals surface area contributed by atoms with E-state index in [4.69, 9.17) is 43.3 Å². The van der Waals surface area contributed by atoms with E-state index in [0.717, 1.165) is 56.3 Å². The number of aliphatic hydroxyl groups is 4. The number of epoxide rings is 1. The molecule has 7 N–H and O–H groups in total. The van der Waals surface area contributed by atoms with Crippen molar-refractivity contribution in [1.29, 1.82) is 0 Å². The first-order valence-corrected chi connectivity index (χ1v) is 46.7. The topological polar surface area (TPSA) is 168 Å². The molecule has 13 nitrogen and oxygen atoms in total. The Morgan fingerprint density at radius 2 is 0.798 bits per heavy atom. The number of benzene rings is 1. The van der Waals surface area contributed by atoms with Gasteiger partial charge in [0.15, 0.2) is 0 Å². The second-order valence-electron chi connectivity index (χ2n) is 36.9. The van der Waals surface area contributed by atoms with Crippen LogP contribution in [0, 0.1) is 37.9 Å². The first-order chi connectivity index (χ1) is 52.4. The number of likely N-dealkylation sites (tertiary alicyclic amines) is 4. The zero-order chi connectivity index (χ0) is 79.7. The van der Waals surface area contributed by atoms with Crippen molar-refractivity contribution in [3.05, 3.63) is 58.1 Å². The van der Waals surface area contributed by atoms with Gasteiger partial charge in [0.2, 0.25) is 0 Å². The zero-order valence-electron chi connectivity index (χ0n) is 72.7. The van der Waals surface area contributed by atoms with Crippen molar-refractivity contribution in [2.75, 3.05) is 79.7 Å². The van der Waals surface area contributed by atoms with E-state index in [1.165, 1.54) is 284 Å². The second kappa shape index (κ2) is 48.3. The van der Waals surface area contributed by atoms with Crippen LogP contribution in [-0.2, 0) is 16.0 Å². The summed E-state index contributed by atoms with van der Waals surface area (Å²) in [5, 5.41) is 55.0. The summed E-state index contributed by atoms with van der Waals surface area (Å²) < 4.78 is 5.54. The molecule has 1 aromatic rings. The van der Waals surface area contributed by atoms with Gasteiger partial charge in [-0.15, -0.1) is 0 Å². The number of nitrogens with one attached hydrogen (secondary N) is 2. The first kappa shape index (κ1) is 96.2. The number of ether oxygens (including phenoxy) is 1. The largest absolute Gasteiger partial charge is 0.481 e. The van der Waals surface area contributed by atoms with E-state index >= 15 is 0 Å². The van der Waals surface area contributed by atoms with Crippen LogP contribution in [-0.4, -0.2) is 191 Å². The highest BCUT2D eigenvalue weighted by atomic mass is 35.5. The number of hydrogen-bond donors (Lipinski definition) is 7. The average Bonchev–Trinajstić information content (AvgIpc) is 1.79. The molecule has 5 saturated heterocycles. The van der Waals surface area contributed by atoms with Gasteiger partial charge >= 0.3 is 5.97 Å². The predicted octanol–water partition coefficient (Wildman–Crippen LogP) is 21.3. The summed E-state index contributed by atoms with van der Waals surface area (Å²) in [5.74, 6) is -0.881. The number of nitrogens with zero attached hydrogens (tertiary/aromatic N) is 4. The Labute approximate surface area is 679 Å². The molecule has 1 aromatic carbocycles. The number of carboxylic acids is 1. The molecule has 0 aromatic heterocycles. The number of likely N-dealkylation sites (N-methyl/N-ethyl adjacent to an activating group) is 2. The highest BCUT2D eigenvalue weighted by Crippen LogP contribution is 2.51. The fourth-order valence-corrected chi connectivity index (χ4v) is 22.2. The lowest BCUT2D eigenvalue weighted by molar-refractivity contribution is -0.136. The van der Waals surface area contributed by atoms with Crippen LogP contribution in [0.25, 0.3) is 0 Å². The molecule has 5 saturated carbocycles. The number of carboxylic acid groups (broad SMARTS) is 1. The number of aliphatic carboxylic acids is 1. The quantitative estimate of drug-likeness (QED) is 0.0433. The van der Waals surface area contributed by atoms with Gasteiger partial charge in [-0.3, -0.25) is 24.4 Å². The SMILES string of the molecule is CCC1(CC)CC=CCC1.CCC1(CC)CCC2OC2C1.CCC1(CC)CC[C@@H](N2CCCC2)[C@H](NC)C1.CCC1(CC)CC[C@@H](N2CCCC2)[C@H](O)C1.CCC1(CC)CC[C@@H](NC)[C@H](N2CCCC2)C1.CCC1(CC)CC[C@@H](O)[C@H](N2CCCC2)C1.O=C(O)Cc1ccc(Cl)c(Cl)c1.OCC1(CO)CC=CCC1. The van der Waals surface area contributed by atoms with Crippen molar-refractivity contribution >= 4 is 29.2 Å². The van der Waals surface area contributed by atoms with Crippen LogP contribution >= 0.6 is 23.2 Å². The molecule has 109 heavy (non-hydrogen) atoms. The molecular weight excluding hydrogens is 1400 g/mol. The highest BCUT2D eigenvalue weighted by molar-refractivity contribution is 6.42. The van der Waals surface area contributed by atoms with E-state index < -0.39 is 5.97 Å². The molecule has 2 unspecified atom stereocenters. The highest BCUT2D eigenvalue weighted by Gasteiger charge is 2.50. The number of allylic oxidation sites excluding steroid dienone is 4. The first-order valence-electron chi connectivity index (χ1n) is 45.9. The van der Waals surface area contributed by atoms with Gasteiger partial charge < -0.3 is 40.9 Å². The molecule has 5 heterocycles. The van der Waals surface area contributed by atoms with Crippen molar-refractivity contribution < 1.29 is 35.1 Å². The Bertz CT molecular complexity index is 2650. The lowest BCUT2D eigenvalue weighted by Crippen LogP contribution is -2.53. The monoisotopic (exact) mass is 1570 g/mol. The molecule has 10 atom stereocenters. The normalized spacial score (nSPS) is 30.3. The predicted molar refractivity (Wildman–Crippen MR) is 462 cm³/mol. The van der Waals surface area contributed by atoms with Crippen LogP contribution in [0.15, 0.2) is 42.5 Å². The molecule has 10 fully saturated rings. The van der Waals surface area contributed by atoms with Gasteiger partial charge in [-0.2, -0.15) is 0 Å². The van der Waals surface area contributed by atoms with Gasteiger partial charge in [0.1, 0.15) is 0 Å². The molecule has 7 aliphatic carbocycles. The minimum Gasteiger partial charge on any atom is -0.481 e. The summed E-state index contributed by atoms with van der Waals surface area (Å²) in [4.78, 5) is 20.9. The van der Waals surface area contributed by atoms with Crippen LogP contribution in [0.5, 0.6) is 0 Å². The third-order valence-electron chi connectivity index (χ3n) is 31.9. The van der Waals surface area contributed by atoms with Crippen molar-refractivity contribution in [3.8, 4) is 0 Å². The van der Waals surface area contributed by atoms with Gasteiger partial charge in [-0.1, -0.05) is 214 Å². The van der Waals surface area contributed by atoms with Crippen LogP contribution < -0.4 is 10.6 Å². The molecule has 15 heteroatoms. The van der Waals surface area contributed by atoms with Gasteiger partial charge in [0, 0.05) is 41.7 Å². The number of carbonyl (C=O) groups is 1. The average molecular weight is 1570 g/mol. The number of halogens is 2. The lowest BCUT2D eigenvalue weighted by Gasteiger charge is -2.47.